The van der Waals surface area contributed by atoms with Crippen molar-refractivity contribution in [2.45, 2.75) is 52.6 Å². The van der Waals surface area contributed by atoms with Crippen LogP contribution in [-0.2, 0) is 14.3 Å². The molecule has 0 aromatic rings. The molecule has 8 heteroatoms. The predicted octanol–water partition coefficient (Wildman–Crippen LogP) is 4.48. The zero-order valence-electron chi connectivity index (χ0n) is 19.6. The lowest BCUT2D eigenvalue weighted by atomic mass is 9.76. The number of carbonyl (C=O) groups is 2. The first-order valence-corrected chi connectivity index (χ1v) is 11.5. The summed E-state index contributed by atoms with van der Waals surface area (Å²) in [5.41, 5.74) is 1.10. The molecule has 6 nitrogen and oxygen atoms in total. The van der Waals surface area contributed by atoms with Gasteiger partial charge in [0.2, 0.25) is 0 Å². The molecule has 0 spiro atoms. The van der Waals surface area contributed by atoms with Crippen molar-refractivity contribution in [1.82, 2.24) is 4.90 Å². The van der Waals surface area contributed by atoms with E-state index in [4.69, 9.17) is 16.3 Å². The van der Waals surface area contributed by atoms with Gasteiger partial charge in [-0.05, 0) is 41.9 Å². The predicted molar refractivity (Wildman–Crippen MR) is 124 cm³/mol. The molecule has 2 N–H and O–H groups in total. The molecule has 33 heavy (non-hydrogen) atoms. The molecule has 1 aliphatic heterocycles. The Morgan fingerprint density at radius 3 is 2.58 bits per heavy atom. The highest BCUT2D eigenvalue weighted by molar-refractivity contribution is 6.31. The number of aliphatic hydroxyl groups excluding tert-OH is 1. The first-order valence-electron chi connectivity index (χ1n) is 11.1. The van der Waals surface area contributed by atoms with Crippen LogP contribution in [0.25, 0.3) is 0 Å². The number of fused-ring (bicyclic) bond motifs is 1. The summed E-state index contributed by atoms with van der Waals surface area (Å²) in [6.07, 6.45) is 5.36. The van der Waals surface area contributed by atoms with Gasteiger partial charge in [0.25, 0.3) is 0 Å². The van der Waals surface area contributed by atoms with Gasteiger partial charge in [0.1, 0.15) is 17.2 Å². The van der Waals surface area contributed by atoms with Gasteiger partial charge in [-0.25, -0.2) is 9.18 Å². The van der Waals surface area contributed by atoms with Crippen LogP contribution in [0, 0.1) is 17.8 Å². The van der Waals surface area contributed by atoms with Crippen LogP contribution in [0.15, 0.2) is 57.3 Å². The fourth-order valence-corrected chi connectivity index (χ4v) is 5.43. The standard InChI is InChI=1S/C25H31ClFNO5/c1-12(2)20(11-29)28-10-18(25(31)32)23(30)17-9-16(24(33-5)14(4)22(17)28)8-15-6-13(3)7-19(26)21(15)27/h7,9-10,12-14,20,22,29H,6,8,11H2,1-5H3,(H,31,32). The molecule has 0 saturated carbocycles. The second-order valence-corrected chi connectivity index (χ2v) is 9.74. The van der Waals surface area contributed by atoms with Gasteiger partial charge >= 0.3 is 5.97 Å². The number of nitrogens with zero attached hydrogens (tertiary/aromatic N) is 1. The van der Waals surface area contributed by atoms with Gasteiger partial charge in [0.15, 0.2) is 5.78 Å². The number of halogens is 2. The SMILES string of the molecule is COC1=C(CC2=C(F)C(Cl)=CC(C)C2)C=C2C(=O)C(C(=O)O)=CN(C(CO)C(C)C)C2C1C. The third kappa shape index (κ3) is 4.66. The molecule has 0 fully saturated rings. The number of Topliss-reactive ketones (excluding diaryl/α,β-unsaturated/α-hetero) is 1. The molecule has 3 aliphatic rings. The van der Waals surface area contributed by atoms with Crippen molar-refractivity contribution in [2.24, 2.45) is 17.8 Å². The first-order chi connectivity index (χ1) is 15.5. The maximum absolute atomic E-state index is 14.8. The number of carboxylic acid groups (broad SMARTS) is 1. The molecular weight excluding hydrogens is 449 g/mol. The van der Waals surface area contributed by atoms with Gasteiger partial charge in [-0.3, -0.25) is 4.79 Å². The van der Waals surface area contributed by atoms with Crippen LogP contribution < -0.4 is 0 Å². The van der Waals surface area contributed by atoms with Gasteiger partial charge in [0, 0.05) is 17.7 Å². The van der Waals surface area contributed by atoms with Crippen LogP contribution in [0.4, 0.5) is 4.39 Å². The fraction of sp³-hybridized carbons (Fsp3) is 0.520. The Labute approximate surface area is 198 Å². The van der Waals surface area contributed by atoms with Crippen LogP contribution in [0.3, 0.4) is 0 Å². The number of ketones is 1. The number of carboxylic acids is 1. The van der Waals surface area contributed by atoms with E-state index in [0.717, 1.165) is 0 Å². The third-order valence-corrected chi connectivity index (χ3v) is 6.96. The Bertz CT molecular complexity index is 1010. The highest BCUT2D eigenvalue weighted by atomic mass is 35.5. The molecule has 0 amide bonds. The summed E-state index contributed by atoms with van der Waals surface area (Å²) in [5, 5.41) is 19.8. The van der Waals surface area contributed by atoms with E-state index in [2.05, 4.69) is 0 Å². The molecule has 2 aliphatic carbocycles. The quantitative estimate of drug-likeness (QED) is 0.523. The highest BCUT2D eigenvalue weighted by Crippen LogP contribution is 2.43. The topological polar surface area (TPSA) is 87.1 Å². The largest absolute Gasteiger partial charge is 0.500 e. The lowest BCUT2D eigenvalue weighted by Crippen LogP contribution is -2.53. The number of rotatable bonds is 7. The Kier molecular flexibility index (Phi) is 7.54. The van der Waals surface area contributed by atoms with Crippen LogP contribution in [0.2, 0.25) is 0 Å². The molecule has 0 aromatic heterocycles. The summed E-state index contributed by atoms with van der Waals surface area (Å²) in [5.74, 6) is -2.02. The molecule has 0 saturated heterocycles. The van der Waals surface area contributed by atoms with E-state index in [1.807, 2.05) is 27.7 Å². The smallest absolute Gasteiger partial charge is 0.341 e. The lowest BCUT2D eigenvalue weighted by molar-refractivity contribution is -0.134. The minimum absolute atomic E-state index is 0.00350. The van der Waals surface area contributed by atoms with Crippen LogP contribution >= 0.6 is 11.6 Å². The lowest BCUT2D eigenvalue weighted by Gasteiger charge is -2.46. The molecule has 180 valence electrons. The van der Waals surface area contributed by atoms with Crippen molar-refractivity contribution in [1.29, 1.82) is 0 Å². The van der Waals surface area contributed by atoms with E-state index in [1.54, 1.807) is 17.1 Å². The van der Waals surface area contributed by atoms with Crippen molar-refractivity contribution in [2.75, 3.05) is 13.7 Å². The summed E-state index contributed by atoms with van der Waals surface area (Å²) in [6, 6.07) is -0.905. The summed E-state index contributed by atoms with van der Waals surface area (Å²) >= 11 is 6.07. The number of ether oxygens (including phenoxy) is 1. The third-order valence-electron chi connectivity index (χ3n) is 6.67. The Morgan fingerprint density at radius 1 is 1.36 bits per heavy atom. The van der Waals surface area contributed by atoms with Crippen molar-refractivity contribution in [3.05, 3.63) is 57.3 Å². The van der Waals surface area contributed by atoms with Gasteiger partial charge in [-0.15, -0.1) is 0 Å². The Balaban J connectivity index is 2.13. The van der Waals surface area contributed by atoms with Crippen molar-refractivity contribution < 1.29 is 28.9 Å². The van der Waals surface area contributed by atoms with Crippen molar-refractivity contribution in [3.8, 4) is 0 Å². The molecule has 3 rings (SSSR count). The van der Waals surface area contributed by atoms with Crippen molar-refractivity contribution >= 4 is 23.4 Å². The Hall–Kier alpha value is -2.38. The second kappa shape index (κ2) is 9.85. The van der Waals surface area contributed by atoms with Gasteiger partial charge < -0.3 is 19.8 Å². The van der Waals surface area contributed by atoms with Gasteiger partial charge in [-0.1, -0.05) is 45.4 Å². The second-order valence-electron chi connectivity index (χ2n) is 9.34. The van der Waals surface area contributed by atoms with Crippen LogP contribution in [0.1, 0.15) is 40.5 Å². The summed E-state index contributed by atoms with van der Waals surface area (Å²) in [7, 11) is 1.53. The molecule has 1 heterocycles. The molecular formula is C25H31ClFNO5. The maximum atomic E-state index is 14.8. The maximum Gasteiger partial charge on any atom is 0.341 e. The van der Waals surface area contributed by atoms with E-state index < -0.39 is 29.7 Å². The molecule has 4 atom stereocenters. The van der Waals surface area contributed by atoms with Crippen LogP contribution in [0.5, 0.6) is 0 Å². The zero-order valence-corrected chi connectivity index (χ0v) is 20.3. The number of methoxy groups -OCH3 is 1. The highest BCUT2D eigenvalue weighted by Gasteiger charge is 2.45. The van der Waals surface area contributed by atoms with Crippen molar-refractivity contribution in [3.63, 3.8) is 0 Å². The molecule has 4 unspecified atom stereocenters. The van der Waals surface area contributed by atoms with E-state index in [-0.39, 0.29) is 41.4 Å². The molecule has 0 radical (unpaired) electrons. The summed E-state index contributed by atoms with van der Waals surface area (Å²) < 4.78 is 20.5. The normalized spacial score (nSPS) is 26.7. The fourth-order valence-electron chi connectivity index (χ4n) is 5.08. The summed E-state index contributed by atoms with van der Waals surface area (Å²) in [6.45, 7) is 7.50. The van der Waals surface area contributed by atoms with E-state index in [0.29, 0.717) is 28.9 Å². The number of allylic oxidation sites excluding steroid dienone is 6. The average molecular weight is 480 g/mol. The minimum atomic E-state index is -1.33. The van der Waals surface area contributed by atoms with E-state index in [1.165, 1.54) is 13.3 Å². The first kappa shape index (κ1) is 25.2. The number of hydrogen-bond donors (Lipinski definition) is 2. The van der Waals surface area contributed by atoms with E-state index >= 15 is 0 Å². The number of aliphatic hydroxyl groups is 1. The van der Waals surface area contributed by atoms with Crippen LogP contribution in [-0.4, -0.2) is 52.7 Å². The number of hydrogen-bond acceptors (Lipinski definition) is 5. The monoisotopic (exact) mass is 479 g/mol. The summed E-state index contributed by atoms with van der Waals surface area (Å²) in [4.78, 5) is 26.8. The average Bonchev–Trinajstić information content (AvgIpc) is 2.73. The molecule has 0 aromatic carbocycles. The Morgan fingerprint density at radius 2 is 2.03 bits per heavy atom. The molecule has 0 bridgehead atoms. The zero-order chi connectivity index (χ0) is 24.6. The van der Waals surface area contributed by atoms with E-state index in [9.17, 15) is 24.2 Å². The van der Waals surface area contributed by atoms with Gasteiger partial charge in [-0.2, -0.15) is 0 Å². The minimum Gasteiger partial charge on any atom is -0.500 e. The van der Waals surface area contributed by atoms with Gasteiger partial charge in [0.05, 0.1) is 30.8 Å². The number of carbonyl (C=O) groups excluding carboxylic acids is 1. The number of aliphatic carboxylic acids is 1.